The lowest BCUT2D eigenvalue weighted by atomic mass is 9.95. The van der Waals surface area contributed by atoms with E-state index in [0.717, 1.165) is 55.2 Å². The average Bonchev–Trinajstić information content (AvgIpc) is 3.30. The van der Waals surface area contributed by atoms with Crippen LogP contribution in [0.5, 0.6) is 5.75 Å². The van der Waals surface area contributed by atoms with E-state index in [-0.39, 0.29) is 6.10 Å². The van der Waals surface area contributed by atoms with Crippen LogP contribution in [0.15, 0.2) is 72.0 Å². The molecule has 2 aromatic carbocycles. The molecule has 2 aromatic rings. The normalized spacial score (nSPS) is 20.2. The molecular formula is C25H26N2O3. The van der Waals surface area contributed by atoms with Gasteiger partial charge in [-0.05, 0) is 48.6 Å². The molecule has 3 aliphatic heterocycles. The van der Waals surface area contributed by atoms with Crippen molar-refractivity contribution in [3.63, 3.8) is 0 Å². The Labute approximate surface area is 177 Å². The van der Waals surface area contributed by atoms with E-state index in [1.54, 1.807) is 0 Å². The molecule has 5 heteroatoms. The van der Waals surface area contributed by atoms with Crippen molar-refractivity contribution in [3.05, 3.63) is 83.7 Å². The average molecular weight is 402 g/mol. The van der Waals surface area contributed by atoms with Gasteiger partial charge in [0.1, 0.15) is 24.8 Å². The highest BCUT2D eigenvalue weighted by Gasteiger charge is 2.27. The summed E-state index contributed by atoms with van der Waals surface area (Å²) in [6, 6.07) is 16.5. The van der Waals surface area contributed by atoms with E-state index in [2.05, 4.69) is 40.7 Å². The van der Waals surface area contributed by atoms with Crippen molar-refractivity contribution in [2.45, 2.75) is 32.0 Å². The standard InChI is InChI=1S/C25H26N2O3/c1-18-26-25(30-17-22-8-5-13-28-22)15-24-23-10-9-21(14-20(23)11-12-27(18)24)29-16-19-6-3-2-4-7-19/h2-4,6-7,9-10,14-15,22H,1,5,8,11-13,16-17H2. The minimum atomic E-state index is 0.167. The minimum absolute atomic E-state index is 0.167. The van der Waals surface area contributed by atoms with Crippen LogP contribution in [0.4, 0.5) is 0 Å². The molecule has 3 aliphatic rings. The Hall–Kier alpha value is -3.05. The van der Waals surface area contributed by atoms with Gasteiger partial charge in [0.15, 0.2) is 0 Å². The molecular weight excluding hydrogens is 376 g/mol. The molecule has 30 heavy (non-hydrogen) atoms. The van der Waals surface area contributed by atoms with Crippen LogP contribution < -0.4 is 4.74 Å². The summed E-state index contributed by atoms with van der Waals surface area (Å²) in [5.41, 5.74) is 4.71. The molecule has 1 fully saturated rings. The van der Waals surface area contributed by atoms with Crippen molar-refractivity contribution in [3.8, 4) is 5.75 Å². The maximum Gasteiger partial charge on any atom is 0.217 e. The van der Waals surface area contributed by atoms with Crippen LogP contribution in [0.2, 0.25) is 0 Å². The largest absolute Gasteiger partial charge is 0.489 e. The van der Waals surface area contributed by atoms with Crippen LogP contribution >= 0.6 is 0 Å². The van der Waals surface area contributed by atoms with Crippen molar-refractivity contribution in [1.29, 1.82) is 0 Å². The summed E-state index contributed by atoms with van der Waals surface area (Å²) in [7, 11) is 0. The maximum atomic E-state index is 6.02. The molecule has 1 atom stereocenters. The summed E-state index contributed by atoms with van der Waals surface area (Å²) in [4.78, 5) is 6.71. The van der Waals surface area contributed by atoms with Crippen molar-refractivity contribution in [2.75, 3.05) is 19.8 Å². The summed E-state index contributed by atoms with van der Waals surface area (Å²) >= 11 is 0. The zero-order valence-electron chi connectivity index (χ0n) is 17.0. The lowest BCUT2D eigenvalue weighted by molar-refractivity contribution is 0.0641. The molecule has 1 unspecified atom stereocenters. The zero-order valence-corrected chi connectivity index (χ0v) is 17.0. The van der Waals surface area contributed by atoms with E-state index < -0.39 is 0 Å². The number of ether oxygens (including phenoxy) is 3. The Morgan fingerprint density at radius 2 is 2.03 bits per heavy atom. The monoisotopic (exact) mass is 402 g/mol. The van der Waals surface area contributed by atoms with Gasteiger partial charge in [0.25, 0.3) is 0 Å². The maximum absolute atomic E-state index is 6.02. The first-order valence-electron chi connectivity index (χ1n) is 10.6. The first-order chi connectivity index (χ1) is 14.8. The Kier molecular flexibility index (Phi) is 5.28. The molecule has 0 saturated carbocycles. The molecule has 0 N–H and O–H groups in total. The van der Waals surface area contributed by atoms with Crippen molar-refractivity contribution in [1.82, 2.24) is 4.90 Å². The Balaban J connectivity index is 1.32. The molecule has 0 amide bonds. The third-order valence-electron chi connectivity index (χ3n) is 5.75. The van der Waals surface area contributed by atoms with Gasteiger partial charge in [-0.1, -0.05) is 36.9 Å². The van der Waals surface area contributed by atoms with Gasteiger partial charge in [-0.15, -0.1) is 0 Å². The van der Waals surface area contributed by atoms with Gasteiger partial charge in [0.05, 0.1) is 11.8 Å². The summed E-state index contributed by atoms with van der Waals surface area (Å²) in [5.74, 6) is 2.23. The minimum Gasteiger partial charge on any atom is -0.489 e. The fourth-order valence-corrected chi connectivity index (χ4v) is 4.14. The predicted molar refractivity (Wildman–Crippen MR) is 117 cm³/mol. The number of benzene rings is 2. The van der Waals surface area contributed by atoms with Gasteiger partial charge in [0.2, 0.25) is 5.90 Å². The Morgan fingerprint density at radius 1 is 1.13 bits per heavy atom. The van der Waals surface area contributed by atoms with Crippen molar-refractivity contribution < 1.29 is 14.2 Å². The van der Waals surface area contributed by atoms with Gasteiger partial charge in [-0.3, -0.25) is 0 Å². The highest BCUT2D eigenvalue weighted by atomic mass is 16.5. The summed E-state index contributed by atoms with van der Waals surface area (Å²) < 4.78 is 17.6. The Bertz CT molecular complexity index is 991. The Morgan fingerprint density at radius 3 is 2.87 bits per heavy atom. The number of fused-ring (bicyclic) bond motifs is 3. The van der Waals surface area contributed by atoms with Gasteiger partial charge in [0, 0.05) is 24.8 Å². The van der Waals surface area contributed by atoms with Crippen LogP contribution in [-0.2, 0) is 22.5 Å². The van der Waals surface area contributed by atoms with Crippen molar-refractivity contribution >= 4 is 11.6 Å². The number of aliphatic imine (C=N–C) groups is 1. The topological polar surface area (TPSA) is 43.3 Å². The third kappa shape index (κ3) is 3.98. The third-order valence-corrected chi connectivity index (χ3v) is 5.75. The smallest absolute Gasteiger partial charge is 0.217 e. The molecule has 3 heterocycles. The molecule has 0 bridgehead atoms. The summed E-state index contributed by atoms with van der Waals surface area (Å²) in [5, 5.41) is 0. The predicted octanol–water partition coefficient (Wildman–Crippen LogP) is 4.54. The van der Waals surface area contributed by atoms with E-state index in [9.17, 15) is 0 Å². The first-order valence-corrected chi connectivity index (χ1v) is 10.6. The fourth-order valence-electron chi connectivity index (χ4n) is 4.14. The fraction of sp³-hybridized carbons (Fsp3) is 0.320. The second-order valence-corrected chi connectivity index (χ2v) is 7.84. The van der Waals surface area contributed by atoms with E-state index in [0.29, 0.717) is 19.1 Å². The van der Waals surface area contributed by atoms with Crippen LogP contribution in [0.1, 0.15) is 29.5 Å². The van der Waals surface area contributed by atoms with Gasteiger partial charge in [-0.2, -0.15) is 4.99 Å². The molecule has 0 radical (unpaired) electrons. The van der Waals surface area contributed by atoms with Gasteiger partial charge >= 0.3 is 0 Å². The van der Waals surface area contributed by atoms with Gasteiger partial charge in [-0.25, -0.2) is 0 Å². The van der Waals surface area contributed by atoms with Crippen molar-refractivity contribution in [2.24, 2.45) is 4.99 Å². The molecule has 5 nitrogen and oxygen atoms in total. The first kappa shape index (κ1) is 18.9. The molecule has 0 aliphatic carbocycles. The number of hydrogen-bond donors (Lipinski definition) is 0. The SMILES string of the molecule is C=C1N=C(OCC2CCCO2)C=C2c3ccc(OCc4ccccc4)cc3CCN12. The van der Waals surface area contributed by atoms with E-state index >= 15 is 0 Å². The summed E-state index contributed by atoms with van der Waals surface area (Å²) in [6.45, 7) is 6.92. The lowest BCUT2D eigenvalue weighted by Gasteiger charge is -2.35. The quantitative estimate of drug-likeness (QED) is 0.736. The number of hydrogen-bond acceptors (Lipinski definition) is 5. The number of nitrogens with zero attached hydrogens (tertiary/aromatic N) is 2. The lowest BCUT2D eigenvalue weighted by Crippen LogP contribution is -2.32. The highest BCUT2D eigenvalue weighted by molar-refractivity contribution is 5.98. The van der Waals surface area contributed by atoms with Crippen LogP contribution in [0, 0.1) is 0 Å². The molecule has 1 saturated heterocycles. The molecule has 0 spiro atoms. The second kappa shape index (κ2) is 8.36. The molecule has 0 aromatic heterocycles. The van der Waals surface area contributed by atoms with Crippen LogP contribution in [0.3, 0.4) is 0 Å². The number of rotatable bonds is 5. The van der Waals surface area contributed by atoms with Gasteiger partial charge < -0.3 is 19.1 Å². The molecule has 154 valence electrons. The second-order valence-electron chi connectivity index (χ2n) is 7.84. The molecule has 5 rings (SSSR count). The van der Waals surface area contributed by atoms with E-state index in [1.807, 2.05) is 30.3 Å². The zero-order chi connectivity index (χ0) is 20.3. The highest BCUT2D eigenvalue weighted by Crippen LogP contribution is 2.36. The summed E-state index contributed by atoms with van der Waals surface area (Å²) in [6.07, 6.45) is 5.26. The van der Waals surface area contributed by atoms with E-state index in [4.69, 9.17) is 14.2 Å². The van der Waals surface area contributed by atoms with Crippen LogP contribution in [0.25, 0.3) is 5.70 Å². The van der Waals surface area contributed by atoms with E-state index in [1.165, 1.54) is 11.1 Å². The van der Waals surface area contributed by atoms with Crippen LogP contribution in [-0.4, -0.2) is 36.7 Å².